The van der Waals surface area contributed by atoms with Gasteiger partial charge in [0.25, 0.3) is 23.3 Å². The lowest BCUT2D eigenvalue weighted by Crippen LogP contribution is -2.54. The minimum absolute atomic E-state index is 0.0101. The van der Waals surface area contributed by atoms with Crippen LogP contribution in [0.5, 0.6) is 0 Å². The standard InChI is InChI=1S/C54H67N9O8/c1-5-62(40-19-27-71-28-20-40)46-31-38(30-42(36(46)4)50(66)57-32-43-34(2)29-35(3)58-51(43)67)37-13-15-39(16-14-37)61-25-23-60(24-26-61)33-48(65)56-22-9-7-6-8-21-55-44-12-10-11-41-49(44)54(70)63(53(41)69)45-17-18-47(64)59-52(45)68/h10-16,29-31,40,45,55H,5-9,17-28,32-33H2,1-4H3,(H,56,65)(H,57,66)(H,58,67)(H,59,64,68). The van der Waals surface area contributed by atoms with Gasteiger partial charge < -0.3 is 35.5 Å². The van der Waals surface area contributed by atoms with Gasteiger partial charge in [-0.1, -0.05) is 31.0 Å². The molecular weight excluding hydrogens is 903 g/mol. The first kappa shape index (κ1) is 50.5. The van der Waals surface area contributed by atoms with Gasteiger partial charge >= 0.3 is 0 Å². The number of pyridine rings is 1. The zero-order chi connectivity index (χ0) is 50.2. The lowest BCUT2D eigenvalue weighted by atomic mass is 9.95. The number of nitrogens with one attached hydrogen (secondary N) is 5. The molecule has 17 nitrogen and oxygen atoms in total. The van der Waals surface area contributed by atoms with Gasteiger partial charge in [0, 0.05) is 112 Å². The molecule has 3 fully saturated rings. The number of amides is 6. The van der Waals surface area contributed by atoms with Crippen LogP contribution in [0.15, 0.2) is 65.5 Å². The molecule has 4 aromatic rings. The molecule has 4 aliphatic heterocycles. The van der Waals surface area contributed by atoms with Crippen LogP contribution in [0, 0.1) is 20.8 Å². The van der Waals surface area contributed by atoms with Gasteiger partial charge in [0.1, 0.15) is 6.04 Å². The highest BCUT2D eigenvalue weighted by Crippen LogP contribution is 2.36. The van der Waals surface area contributed by atoms with Gasteiger partial charge in [0.15, 0.2) is 0 Å². The van der Waals surface area contributed by atoms with E-state index in [9.17, 15) is 33.6 Å². The summed E-state index contributed by atoms with van der Waals surface area (Å²) in [7, 11) is 0. The fraction of sp³-hybridized carbons (Fsp3) is 0.463. The van der Waals surface area contributed by atoms with Crippen molar-refractivity contribution in [3.63, 3.8) is 0 Å². The molecule has 0 spiro atoms. The number of piperazine rings is 1. The van der Waals surface area contributed by atoms with Crippen LogP contribution < -0.4 is 36.6 Å². The van der Waals surface area contributed by atoms with E-state index in [-0.39, 0.29) is 47.9 Å². The summed E-state index contributed by atoms with van der Waals surface area (Å²) in [6.45, 7) is 14.8. The quantitative estimate of drug-likeness (QED) is 0.0607. The van der Waals surface area contributed by atoms with Gasteiger partial charge in [-0.3, -0.25) is 48.7 Å². The predicted octanol–water partition coefficient (Wildman–Crippen LogP) is 5.21. The molecule has 5 heterocycles. The number of rotatable bonds is 19. The summed E-state index contributed by atoms with van der Waals surface area (Å²) in [5, 5.41) is 11.6. The number of hydrogen-bond acceptors (Lipinski definition) is 12. The number of aryl methyl sites for hydroxylation is 2. The van der Waals surface area contributed by atoms with Gasteiger partial charge in [-0.15, -0.1) is 0 Å². The number of nitrogens with zero attached hydrogens (tertiary/aromatic N) is 4. The maximum Gasteiger partial charge on any atom is 0.264 e. The molecule has 3 saturated heterocycles. The molecule has 17 heteroatoms. The minimum Gasteiger partial charge on any atom is -0.384 e. The molecule has 0 bridgehead atoms. The number of piperidine rings is 1. The summed E-state index contributed by atoms with van der Waals surface area (Å²) in [6, 6.07) is 18.9. The van der Waals surface area contributed by atoms with Crippen LogP contribution in [0.3, 0.4) is 0 Å². The fourth-order valence-electron chi connectivity index (χ4n) is 10.4. The molecule has 1 aromatic heterocycles. The summed E-state index contributed by atoms with van der Waals surface area (Å²) in [6.07, 6.45) is 5.50. The predicted molar refractivity (Wildman–Crippen MR) is 273 cm³/mol. The molecule has 0 saturated carbocycles. The van der Waals surface area contributed by atoms with E-state index in [4.69, 9.17) is 4.74 Å². The van der Waals surface area contributed by atoms with Crippen molar-refractivity contribution in [1.29, 1.82) is 0 Å². The second-order valence-corrected chi connectivity index (χ2v) is 19.1. The Hall–Kier alpha value is -6.85. The van der Waals surface area contributed by atoms with E-state index >= 15 is 0 Å². The highest BCUT2D eigenvalue weighted by atomic mass is 16.5. The van der Waals surface area contributed by atoms with Gasteiger partial charge in [0.05, 0.1) is 17.7 Å². The van der Waals surface area contributed by atoms with Crippen LogP contribution in [-0.2, 0) is 25.7 Å². The lowest BCUT2D eigenvalue weighted by molar-refractivity contribution is -0.136. The van der Waals surface area contributed by atoms with Gasteiger partial charge in [-0.05, 0) is 125 Å². The topological polar surface area (TPSA) is 206 Å². The Balaban J connectivity index is 0.786. The molecule has 6 amide bonds. The van der Waals surface area contributed by atoms with Crippen molar-refractivity contribution < 1.29 is 33.5 Å². The number of H-pyrrole nitrogens is 1. The SMILES string of the molecule is CCN(c1cc(-c2ccc(N3CCN(CC(=O)NCCCCCCNc4cccc5c4C(=O)N(C4CCC(=O)NC4=O)C5=O)CC3)cc2)cc(C(=O)NCc2c(C)cc(C)[nH]c2=O)c1C)C1CCOCC1. The zero-order valence-corrected chi connectivity index (χ0v) is 41.4. The lowest BCUT2D eigenvalue weighted by Gasteiger charge is -2.37. The Kier molecular flexibility index (Phi) is 16.3. The zero-order valence-electron chi connectivity index (χ0n) is 41.4. The van der Waals surface area contributed by atoms with E-state index in [0.717, 1.165) is 115 Å². The van der Waals surface area contributed by atoms with Crippen LogP contribution in [0.2, 0.25) is 0 Å². The summed E-state index contributed by atoms with van der Waals surface area (Å²) >= 11 is 0. The highest BCUT2D eigenvalue weighted by Gasteiger charge is 2.45. The molecule has 1 atom stereocenters. The maximum absolute atomic E-state index is 14.0. The average molecular weight is 970 g/mol. The molecule has 0 aliphatic carbocycles. The van der Waals surface area contributed by atoms with E-state index in [1.165, 1.54) is 0 Å². The van der Waals surface area contributed by atoms with Gasteiger partial charge in [-0.2, -0.15) is 0 Å². The monoisotopic (exact) mass is 970 g/mol. The second-order valence-electron chi connectivity index (χ2n) is 19.1. The number of anilines is 3. The third kappa shape index (κ3) is 11.7. The van der Waals surface area contributed by atoms with Crippen LogP contribution in [0.4, 0.5) is 17.1 Å². The number of aromatic nitrogens is 1. The summed E-state index contributed by atoms with van der Waals surface area (Å²) in [5.41, 5.74) is 8.56. The first-order chi connectivity index (χ1) is 34.3. The Morgan fingerprint density at radius 1 is 0.803 bits per heavy atom. The number of carbonyl (C=O) groups excluding carboxylic acids is 6. The van der Waals surface area contributed by atoms with E-state index in [1.54, 1.807) is 18.2 Å². The van der Waals surface area contributed by atoms with Crippen molar-refractivity contribution in [2.24, 2.45) is 0 Å². The first-order valence-electron chi connectivity index (χ1n) is 25.2. The summed E-state index contributed by atoms with van der Waals surface area (Å²) in [5.74, 6) is -2.32. The normalized spacial score (nSPS) is 17.5. The van der Waals surface area contributed by atoms with Crippen LogP contribution in [0.1, 0.15) is 112 Å². The third-order valence-corrected chi connectivity index (χ3v) is 14.3. The number of aromatic amines is 1. The fourth-order valence-corrected chi connectivity index (χ4v) is 10.4. The van der Waals surface area contributed by atoms with Gasteiger partial charge in [0.2, 0.25) is 17.7 Å². The molecule has 8 rings (SSSR count). The van der Waals surface area contributed by atoms with Crippen LogP contribution >= 0.6 is 0 Å². The molecule has 71 heavy (non-hydrogen) atoms. The van der Waals surface area contributed by atoms with Crippen molar-refractivity contribution in [3.8, 4) is 11.1 Å². The number of unbranched alkanes of at least 4 members (excludes halogenated alkanes) is 3. The number of carbonyl (C=O) groups is 6. The van der Waals surface area contributed by atoms with Crippen molar-refractivity contribution in [1.82, 2.24) is 30.7 Å². The Morgan fingerprint density at radius 3 is 2.24 bits per heavy atom. The maximum atomic E-state index is 14.0. The first-order valence-corrected chi connectivity index (χ1v) is 25.2. The Morgan fingerprint density at radius 2 is 1.54 bits per heavy atom. The van der Waals surface area contributed by atoms with E-state index in [1.807, 2.05) is 32.9 Å². The van der Waals surface area contributed by atoms with Gasteiger partial charge in [-0.25, -0.2) is 0 Å². The van der Waals surface area contributed by atoms with E-state index in [2.05, 4.69) is 78.2 Å². The van der Waals surface area contributed by atoms with E-state index in [0.29, 0.717) is 55.7 Å². The molecule has 3 aromatic carbocycles. The molecule has 1 unspecified atom stereocenters. The molecule has 376 valence electrons. The highest BCUT2D eigenvalue weighted by molar-refractivity contribution is 6.25. The average Bonchev–Trinajstić information content (AvgIpc) is 3.61. The van der Waals surface area contributed by atoms with Crippen molar-refractivity contribution in [3.05, 3.63) is 110 Å². The minimum atomic E-state index is -1.01. The number of benzene rings is 3. The Bertz CT molecular complexity index is 2710. The van der Waals surface area contributed by atoms with Crippen molar-refractivity contribution in [2.75, 3.05) is 80.7 Å². The molecule has 5 N–H and O–H groups in total. The Labute approximate surface area is 415 Å². The summed E-state index contributed by atoms with van der Waals surface area (Å²) in [4.78, 5) is 101. The molecule has 4 aliphatic rings. The third-order valence-electron chi connectivity index (χ3n) is 14.3. The van der Waals surface area contributed by atoms with Crippen LogP contribution in [0.25, 0.3) is 11.1 Å². The summed E-state index contributed by atoms with van der Waals surface area (Å²) < 4.78 is 5.70. The second kappa shape index (κ2) is 22.9. The van der Waals surface area contributed by atoms with Crippen molar-refractivity contribution >= 4 is 52.5 Å². The van der Waals surface area contributed by atoms with Crippen molar-refractivity contribution in [2.45, 2.75) is 97.7 Å². The number of ether oxygens (including phenoxy) is 1. The molecule has 0 radical (unpaired) electrons. The number of imide groups is 2. The van der Waals surface area contributed by atoms with Crippen LogP contribution in [-0.4, -0.2) is 128 Å². The van der Waals surface area contributed by atoms with E-state index < -0.39 is 29.7 Å². The number of hydrogen-bond donors (Lipinski definition) is 5. The molecular formula is C54H67N9O8. The smallest absolute Gasteiger partial charge is 0.264 e. The largest absolute Gasteiger partial charge is 0.384 e. The number of fused-ring (bicyclic) bond motifs is 1.